The van der Waals surface area contributed by atoms with Crippen molar-refractivity contribution in [2.24, 2.45) is 4.99 Å². The van der Waals surface area contributed by atoms with Crippen LogP contribution in [-0.2, 0) is 22.6 Å². The first-order valence-electron chi connectivity index (χ1n) is 12.2. The molecule has 5 rings (SSSR count). The van der Waals surface area contributed by atoms with Crippen LogP contribution in [0.4, 0.5) is 21.8 Å². The fourth-order valence-electron chi connectivity index (χ4n) is 5.02. The number of fused-ring (bicyclic) bond motifs is 1. The predicted molar refractivity (Wildman–Crippen MR) is 133 cm³/mol. The summed E-state index contributed by atoms with van der Waals surface area (Å²) in [6.07, 6.45) is 5.97. The number of aliphatic imine (C=N–C) groups is 1. The summed E-state index contributed by atoms with van der Waals surface area (Å²) in [5.74, 6) is -0.481. The van der Waals surface area contributed by atoms with Gasteiger partial charge in [-0.3, -0.25) is 9.69 Å². The average molecular weight is 479 g/mol. The molecule has 0 aliphatic carbocycles. The standard InChI is InChI=1S/C26H31FN6O2/c1-3-23(34)32-10-4-5-21(17-32)29-24-22(27)14-28-25(31-24)30-20-7-6-18-15-33(16-19(18)13-20)26(2)8-11-35-12-9-26/h3,6-7,13-14H,1,4-5,8-12,15-17H2,2H3,(H,28,30,31). The highest BCUT2D eigenvalue weighted by Gasteiger charge is 2.37. The first kappa shape index (κ1) is 23.6. The highest BCUT2D eigenvalue weighted by atomic mass is 19.1. The molecule has 1 aromatic carbocycles. The summed E-state index contributed by atoms with van der Waals surface area (Å²) in [4.78, 5) is 29.0. The molecule has 2 aromatic rings. The third-order valence-corrected chi connectivity index (χ3v) is 7.26. The number of nitrogens with one attached hydrogen (secondary N) is 1. The molecular formula is C26H31FN6O2. The molecule has 1 amide bonds. The Hall–Kier alpha value is -3.17. The van der Waals surface area contributed by atoms with Crippen LogP contribution in [0.15, 0.2) is 42.0 Å². The molecular weight excluding hydrogens is 447 g/mol. The molecule has 184 valence electrons. The fraction of sp³-hybridized carbons (Fsp3) is 0.462. The highest BCUT2D eigenvalue weighted by molar-refractivity contribution is 5.95. The Balaban J connectivity index is 1.30. The van der Waals surface area contributed by atoms with Crippen molar-refractivity contribution in [2.45, 2.75) is 51.2 Å². The second kappa shape index (κ2) is 9.83. The molecule has 1 N–H and O–H groups in total. The van der Waals surface area contributed by atoms with E-state index in [4.69, 9.17) is 4.74 Å². The molecule has 35 heavy (non-hydrogen) atoms. The van der Waals surface area contributed by atoms with E-state index in [1.54, 1.807) is 4.90 Å². The lowest BCUT2D eigenvalue weighted by molar-refractivity contribution is -0.125. The SMILES string of the molecule is C=CC(=O)N1CCCC(=Nc2nc(Nc3ccc4c(c3)CN(C3(C)CCOCC3)C4)ncc2F)C1. The number of benzene rings is 1. The molecule has 0 saturated carbocycles. The van der Waals surface area contributed by atoms with E-state index >= 15 is 0 Å². The van der Waals surface area contributed by atoms with Gasteiger partial charge in [0.25, 0.3) is 0 Å². The zero-order chi connectivity index (χ0) is 24.4. The van der Waals surface area contributed by atoms with Crippen LogP contribution < -0.4 is 5.32 Å². The molecule has 8 nitrogen and oxygen atoms in total. The number of carbonyl (C=O) groups excluding carboxylic acids is 1. The molecule has 0 unspecified atom stereocenters. The third-order valence-electron chi connectivity index (χ3n) is 7.26. The van der Waals surface area contributed by atoms with E-state index in [0.29, 0.717) is 25.2 Å². The van der Waals surface area contributed by atoms with Gasteiger partial charge >= 0.3 is 0 Å². The Morgan fingerprint density at radius 1 is 1.26 bits per heavy atom. The largest absolute Gasteiger partial charge is 0.381 e. The molecule has 1 aromatic heterocycles. The van der Waals surface area contributed by atoms with E-state index in [1.807, 2.05) is 6.07 Å². The number of carbonyl (C=O) groups is 1. The topological polar surface area (TPSA) is 83.0 Å². The Morgan fingerprint density at radius 2 is 2.06 bits per heavy atom. The number of piperidine rings is 1. The second-order valence-corrected chi connectivity index (χ2v) is 9.68. The summed E-state index contributed by atoms with van der Waals surface area (Å²) in [5.41, 5.74) is 4.33. The smallest absolute Gasteiger partial charge is 0.246 e. The van der Waals surface area contributed by atoms with E-state index in [-0.39, 0.29) is 23.2 Å². The van der Waals surface area contributed by atoms with Crippen LogP contribution >= 0.6 is 0 Å². The third kappa shape index (κ3) is 5.11. The van der Waals surface area contributed by atoms with Gasteiger partial charge in [0.2, 0.25) is 11.9 Å². The van der Waals surface area contributed by atoms with Crippen molar-refractivity contribution < 1.29 is 13.9 Å². The maximum Gasteiger partial charge on any atom is 0.246 e. The van der Waals surface area contributed by atoms with Crippen LogP contribution in [0, 0.1) is 5.82 Å². The maximum atomic E-state index is 14.5. The van der Waals surface area contributed by atoms with Crippen LogP contribution in [0.25, 0.3) is 0 Å². The molecule has 9 heteroatoms. The lowest BCUT2D eigenvalue weighted by atomic mass is 9.90. The minimum Gasteiger partial charge on any atom is -0.381 e. The summed E-state index contributed by atoms with van der Waals surface area (Å²) >= 11 is 0. The molecule has 0 bridgehead atoms. The van der Waals surface area contributed by atoms with Crippen molar-refractivity contribution in [3.05, 3.63) is 54.0 Å². The van der Waals surface area contributed by atoms with Gasteiger partial charge in [-0.2, -0.15) is 4.98 Å². The zero-order valence-electron chi connectivity index (χ0n) is 20.1. The normalized spacial score (nSPS) is 21.1. The summed E-state index contributed by atoms with van der Waals surface area (Å²) < 4.78 is 20.0. The Bertz CT molecular complexity index is 1160. The first-order chi connectivity index (χ1) is 16.9. The van der Waals surface area contributed by atoms with Gasteiger partial charge in [-0.25, -0.2) is 14.4 Å². The Kier molecular flexibility index (Phi) is 6.62. The van der Waals surface area contributed by atoms with Crippen molar-refractivity contribution in [1.29, 1.82) is 0 Å². The van der Waals surface area contributed by atoms with Gasteiger partial charge in [0.15, 0.2) is 11.6 Å². The van der Waals surface area contributed by atoms with Gasteiger partial charge < -0.3 is 15.0 Å². The van der Waals surface area contributed by atoms with Crippen molar-refractivity contribution in [3.63, 3.8) is 0 Å². The van der Waals surface area contributed by atoms with E-state index in [0.717, 1.165) is 57.4 Å². The van der Waals surface area contributed by atoms with Crippen LogP contribution in [0.5, 0.6) is 0 Å². The molecule has 4 heterocycles. The van der Waals surface area contributed by atoms with Crippen molar-refractivity contribution in [2.75, 3.05) is 31.6 Å². The van der Waals surface area contributed by atoms with E-state index in [2.05, 4.69) is 50.8 Å². The molecule has 2 fully saturated rings. The quantitative estimate of drug-likeness (QED) is 0.651. The zero-order valence-corrected chi connectivity index (χ0v) is 20.1. The molecule has 0 spiro atoms. The fourth-order valence-corrected chi connectivity index (χ4v) is 5.02. The lowest BCUT2D eigenvalue weighted by Crippen LogP contribution is -2.47. The number of amides is 1. The second-order valence-electron chi connectivity index (χ2n) is 9.68. The molecule has 0 atom stereocenters. The average Bonchev–Trinajstić information content (AvgIpc) is 3.31. The number of hydrogen-bond acceptors (Lipinski definition) is 7. The highest BCUT2D eigenvalue weighted by Crippen LogP contribution is 2.36. The van der Waals surface area contributed by atoms with Crippen LogP contribution in [0.2, 0.25) is 0 Å². The van der Waals surface area contributed by atoms with Gasteiger partial charge in [-0.05, 0) is 61.9 Å². The van der Waals surface area contributed by atoms with Crippen LogP contribution in [0.1, 0.15) is 43.7 Å². The number of hydrogen-bond donors (Lipinski definition) is 1. The van der Waals surface area contributed by atoms with Gasteiger partial charge in [0.05, 0.1) is 12.7 Å². The Labute approximate surface area is 204 Å². The monoisotopic (exact) mass is 478 g/mol. The number of aromatic nitrogens is 2. The van der Waals surface area contributed by atoms with Gasteiger partial charge in [0.1, 0.15) is 0 Å². The summed E-state index contributed by atoms with van der Waals surface area (Å²) in [7, 11) is 0. The van der Waals surface area contributed by atoms with Crippen LogP contribution in [0.3, 0.4) is 0 Å². The number of rotatable bonds is 5. The van der Waals surface area contributed by atoms with Crippen LogP contribution in [-0.4, -0.2) is 63.2 Å². The minimum atomic E-state index is -0.593. The minimum absolute atomic E-state index is 0.0230. The van der Waals surface area contributed by atoms with Gasteiger partial charge in [-0.1, -0.05) is 12.6 Å². The lowest BCUT2D eigenvalue weighted by Gasteiger charge is -2.41. The summed E-state index contributed by atoms with van der Waals surface area (Å²) in [5, 5.41) is 3.20. The number of likely N-dealkylation sites (tertiary alicyclic amines) is 1. The number of ether oxygens (including phenoxy) is 1. The van der Waals surface area contributed by atoms with Crippen molar-refractivity contribution in [1.82, 2.24) is 19.8 Å². The first-order valence-corrected chi connectivity index (χ1v) is 12.2. The van der Waals surface area contributed by atoms with Gasteiger partial charge in [0, 0.05) is 49.8 Å². The summed E-state index contributed by atoms with van der Waals surface area (Å²) in [6.45, 7) is 10.3. The number of nitrogens with zero attached hydrogens (tertiary/aromatic N) is 5. The summed E-state index contributed by atoms with van der Waals surface area (Å²) in [6, 6.07) is 6.27. The van der Waals surface area contributed by atoms with E-state index in [1.165, 1.54) is 17.2 Å². The maximum absolute atomic E-state index is 14.5. The van der Waals surface area contributed by atoms with Crippen molar-refractivity contribution >= 4 is 29.1 Å². The molecule has 2 saturated heterocycles. The van der Waals surface area contributed by atoms with Crippen molar-refractivity contribution in [3.8, 4) is 0 Å². The van der Waals surface area contributed by atoms with Gasteiger partial charge in [-0.15, -0.1) is 0 Å². The number of anilines is 2. The molecule has 3 aliphatic rings. The molecule has 3 aliphatic heterocycles. The van der Waals surface area contributed by atoms with E-state index in [9.17, 15) is 9.18 Å². The molecule has 0 radical (unpaired) electrons. The Morgan fingerprint density at radius 3 is 2.86 bits per heavy atom. The predicted octanol–water partition coefficient (Wildman–Crippen LogP) is 4.12. The van der Waals surface area contributed by atoms with E-state index < -0.39 is 5.82 Å². The number of halogens is 1.